The predicted octanol–water partition coefficient (Wildman–Crippen LogP) is 2.78. The van der Waals surface area contributed by atoms with Gasteiger partial charge in [0.05, 0.1) is 16.9 Å². The Kier molecular flexibility index (Phi) is 4.02. The zero-order valence-electron chi connectivity index (χ0n) is 14.9. The molecule has 136 valence electrons. The first-order chi connectivity index (χ1) is 11.9. The monoisotopic (exact) mass is 362 g/mol. The molecule has 7 heteroatoms. The quantitative estimate of drug-likeness (QED) is 0.855. The Balaban J connectivity index is 1.36. The Morgan fingerprint density at radius 3 is 2.76 bits per heavy atom. The molecule has 2 saturated carbocycles. The zero-order valence-corrected chi connectivity index (χ0v) is 15.7. The summed E-state index contributed by atoms with van der Waals surface area (Å²) in [6.45, 7) is 2.11. The fourth-order valence-electron chi connectivity index (χ4n) is 4.34. The van der Waals surface area contributed by atoms with Crippen LogP contribution in [0.3, 0.4) is 0 Å². The topological polar surface area (TPSA) is 79.0 Å². The number of aromatic amines is 1. The first-order valence-corrected chi connectivity index (χ1v) is 10.9. The maximum absolute atomic E-state index is 12.5. The third kappa shape index (κ3) is 3.26. The molecule has 2 fully saturated rings. The van der Waals surface area contributed by atoms with Crippen LogP contribution in [-0.4, -0.2) is 48.0 Å². The molecule has 2 heterocycles. The summed E-state index contributed by atoms with van der Waals surface area (Å²) in [5, 5.41) is 1.01. The summed E-state index contributed by atoms with van der Waals surface area (Å²) in [7, 11) is -0.908. The van der Waals surface area contributed by atoms with Crippen molar-refractivity contribution in [3.63, 3.8) is 0 Å². The van der Waals surface area contributed by atoms with Gasteiger partial charge in [-0.3, -0.25) is 0 Å². The molecule has 1 N–H and O–H groups in total. The van der Waals surface area contributed by atoms with Crippen molar-refractivity contribution in [2.75, 3.05) is 23.5 Å². The molecule has 2 aromatic heterocycles. The van der Waals surface area contributed by atoms with E-state index in [4.69, 9.17) is 0 Å². The van der Waals surface area contributed by atoms with Crippen LogP contribution in [0.5, 0.6) is 0 Å². The van der Waals surface area contributed by atoms with Crippen molar-refractivity contribution >= 4 is 26.7 Å². The van der Waals surface area contributed by atoms with Gasteiger partial charge in [0.25, 0.3) is 0 Å². The normalized spacial score (nSPS) is 25.4. The van der Waals surface area contributed by atoms with E-state index in [2.05, 4.69) is 26.8 Å². The van der Waals surface area contributed by atoms with Gasteiger partial charge < -0.3 is 9.88 Å². The van der Waals surface area contributed by atoms with Crippen molar-refractivity contribution in [3.8, 4) is 0 Å². The number of hydrogen-bond donors (Lipinski definition) is 1. The highest BCUT2D eigenvalue weighted by molar-refractivity contribution is 7.91. The fourth-order valence-corrected chi connectivity index (χ4v) is 6.80. The van der Waals surface area contributed by atoms with Crippen LogP contribution in [0, 0.1) is 11.3 Å². The minimum atomic E-state index is -2.95. The molecule has 0 aromatic carbocycles. The van der Waals surface area contributed by atoms with Gasteiger partial charge in [-0.2, -0.15) is 0 Å². The molecule has 0 amide bonds. The van der Waals surface area contributed by atoms with Gasteiger partial charge in [0.2, 0.25) is 0 Å². The maximum Gasteiger partial charge on any atom is 0.151 e. The minimum Gasteiger partial charge on any atom is -0.356 e. The maximum atomic E-state index is 12.5. The van der Waals surface area contributed by atoms with Crippen molar-refractivity contribution in [2.45, 2.75) is 45.1 Å². The van der Waals surface area contributed by atoms with Crippen molar-refractivity contribution in [1.82, 2.24) is 15.0 Å². The molecule has 0 unspecified atom stereocenters. The number of aromatic nitrogens is 3. The smallest absolute Gasteiger partial charge is 0.151 e. The lowest BCUT2D eigenvalue weighted by Gasteiger charge is -2.43. The number of fused-ring (bicyclic) bond motifs is 1. The largest absolute Gasteiger partial charge is 0.356 e. The number of H-pyrrole nitrogens is 1. The summed E-state index contributed by atoms with van der Waals surface area (Å²) in [6.07, 6.45) is 8.57. The average molecular weight is 362 g/mol. The predicted molar refractivity (Wildman–Crippen MR) is 99.4 cm³/mol. The molecular formula is C18H26N4O2S. The van der Waals surface area contributed by atoms with Gasteiger partial charge in [0, 0.05) is 19.3 Å². The van der Waals surface area contributed by atoms with Crippen LogP contribution < -0.4 is 4.90 Å². The Bertz CT molecular complexity index is 866. The molecule has 25 heavy (non-hydrogen) atoms. The number of nitrogens with one attached hydrogen (secondary N) is 1. The summed E-state index contributed by atoms with van der Waals surface area (Å²) < 4.78 is 25.0. The van der Waals surface area contributed by atoms with E-state index < -0.39 is 9.84 Å². The summed E-state index contributed by atoms with van der Waals surface area (Å²) >= 11 is 0. The van der Waals surface area contributed by atoms with Crippen LogP contribution >= 0.6 is 0 Å². The fraction of sp³-hybridized carbons (Fsp3) is 0.667. The minimum absolute atomic E-state index is 0.0413. The second-order valence-electron chi connectivity index (χ2n) is 8.26. The van der Waals surface area contributed by atoms with Crippen LogP contribution in [0.2, 0.25) is 0 Å². The molecular weight excluding hydrogens is 336 g/mol. The molecule has 2 aliphatic rings. The third-order valence-electron chi connectivity index (χ3n) is 6.04. The lowest BCUT2D eigenvalue weighted by Crippen LogP contribution is -2.46. The molecule has 0 saturated heterocycles. The first-order valence-electron chi connectivity index (χ1n) is 9.07. The standard InChI is InChI=1S/C18H26N4O2S/c1-18(5-3-6-18)11-25(23,24)10-13-8-14(9-13)22(2)17-15-4-7-19-16(15)20-12-21-17/h4,7,12-14H,3,5-6,8-11H2,1-2H3,(H,19,20,21). The van der Waals surface area contributed by atoms with E-state index in [9.17, 15) is 8.42 Å². The highest BCUT2D eigenvalue weighted by Crippen LogP contribution is 2.42. The van der Waals surface area contributed by atoms with Crippen LogP contribution in [0.25, 0.3) is 11.0 Å². The van der Waals surface area contributed by atoms with Crippen LogP contribution in [0.1, 0.15) is 39.0 Å². The Morgan fingerprint density at radius 2 is 2.08 bits per heavy atom. The SMILES string of the molecule is CN(c1ncnc2[nH]ccc12)C1CC(CS(=O)(=O)CC2(C)CCC2)C1. The summed E-state index contributed by atoms with van der Waals surface area (Å²) in [6, 6.07) is 2.34. The highest BCUT2D eigenvalue weighted by atomic mass is 32.2. The molecule has 2 aromatic rings. The molecule has 4 rings (SSSR count). The lowest BCUT2D eigenvalue weighted by atomic mass is 9.72. The second-order valence-corrected chi connectivity index (χ2v) is 10.4. The van der Waals surface area contributed by atoms with Crippen LogP contribution in [-0.2, 0) is 9.84 Å². The number of sulfone groups is 1. The molecule has 6 nitrogen and oxygen atoms in total. The Morgan fingerprint density at radius 1 is 1.32 bits per heavy atom. The number of anilines is 1. The summed E-state index contributed by atoms with van der Waals surface area (Å²) in [4.78, 5) is 13.9. The van der Waals surface area contributed by atoms with E-state index in [1.807, 2.05) is 19.3 Å². The molecule has 0 aliphatic heterocycles. The van der Waals surface area contributed by atoms with Gasteiger partial charge >= 0.3 is 0 Å². The average Bonchev–Trinajstić information content (AvgIpc) is 2.96. The zero-order chi connectivity index (χ0) is 17.7. The van der Waals surface area contributed by atoms with E-state index in [1.165, 1.54) is 6.42 Å². The molecule has 0 spiro atoms. The van der Waals surface area contributed by atoms with Gasteiger partial charge in [-0.25, -0.2) is 18.4 Å². The highest BCUT2D eigenvalue weighted by Gasteiger charge is 2.40. The molecule has 0 atom stereocenters. The van der Waals surface area contributed by atoms with Gasteiger partial charge in [0.15, 0.2) is 9.84 Å². The van der Waals surface area contributed by atoms with Gasteiger partial charge in [-0.05, 0) is 43.1 Å². The Hall–Kier alpha value is -1.63. The molecule has 0 bridgehead atoms. The van der Waals surface area contributed by atoms with Gasteiger partial charge in [-0.15, -0.1) is 0 Å². The van der Waals surface area contributed by atoms with E-state index in [0.717, 1.165) is 42.5 Å². The van der Waals surface area contributed by atoms with Gasteiger partial charge in [-0.1, -0.05) is 13.3 Å². The molecule has 2 aliphatic carbocycles. The van der Waals surface area contributed by atoms with E-state index in [1.54, 1.807) is 6.33 Å². The van der Waals surface area contributed by atoms with Crippen molar-refractivity contribution < 1.29 is 8.42 Å². The van der Waals surface area contributed by atoms with Gasteiger partial charge in [0.1, 0.15) is 17.8 Å². The summed E-state index contributed by atoms with van der Waals surface area (Å²) in [5.41, 5.74) is 0.878. The number of hydrogen-bond acceptors (Lipinski definition) is 5. The lowest BCUT2D eigenvalue weighted by molar-refractivity contribution is 0.193. The van der Waals surface area contributed by atoms with Crippen molar-refractivity contribution in [1.29, 1.82) is 0 Å². The van der Waals surface area contributed by atoms with Crippen LogP contribution in [0.4, 0.5) is 5.82 Å². The Labute approximate surface area is 149 Å². The van der Waals surface area contributed by atoms with E-state index >= 15 is 0 Å². The van der Waals surface area contributed by atoms with E-state index in [-0.39, 0.29) is 11.3 Å². The number of rotatable bonds is 6. The van der Waals surface area contributed by atoms with Crippen molar-refractivity contribution in [2.24, 2.45) is 11.3 Å². The van der Waals surface area contributed by atoms with Crippen molar-refractivity contribution in [3.05, 3.63) is 18.6 Å². The van der Waals surface area contributed by atoms with Crippen LogP contribution in [0.15, 0.2) is 18.6 Å². The number of nitrogens with zero attached hydrogens (tertiary/aromatic N) is 3. The first kappa shape index (κ1) is 16.8. The second kappa shape index (κ2) is 5.97. The third-order valence-corrected chi connectivity index (χ3v) is 8.16. The summed E-state index contributed by atoms with van der Waals surface area (Å²) in [5.74, 6) is 1.91. The molecule has 0 radical (unpaired) electrons. The van der Waals surface area contributed by atoms with E-state index in [0.29, 0.717) is 17.5 Å².